The van der Waals surface area contributed by atoms with Crippen LogP contribution in [0.15, 0.2) is 24.3 Å². The second-order valence-electron chi connectivity index (χ2n) is 6.63. The van der Waals surface area contributed by atoms with E-state index < -0.39 is 0 Å². The first kappa shape index (κ1) is 17.6. The average molecular weight is 322 g/mol. The maximum Gasteiger partial charge on any atom is 0.214 e. The molecule has 0 spiro atoms. The van der Waals surface area contributed by atoms with E-state index in [1.54, 1.807) is 0 Å². The van der Waals surface area contributed by atoms with Gasteiger partial charge in [0, 0.05) is 16.5 Å². The molecule has 2 rings (SSSR count). The highest BCUT2D eigenvalue weighted by Crippen LogP contribution is 2.27. The summed E-state index contributed by atoms with van der Waals surface area (Å²) in [5.74, 6) is 2.42. The first-order valence-electron chi connectivity index (χ1n) is 8.38. The van der Waals surface area contributed by atoms with Gasteiger partial charge >= 0.3 is 0 Å². The van der Waals surface area contributed by atoms with Gasteiger partial charge in [0.2, 0.25) is 5.78 Å². The van der Waals surface area contributed by atoms with Gasteiger partial charge in [0.1, 0.15) is 11.5 Å². The molecule has 0 N–H and O–H groups in total. The number of rotatable bonds is 6. The van der Waals surface area contributed by atoms with Crippen LogP contribution in [0.2, 0.25) is 0 Å². The quantitative estimate of drug-likeness (QED) is 0.585. The summed E-state index contributed by atoms with van der Waals surface area (Å²) in [6.45, 7) is 10.5. The fourth-order valence-corrected chi connectivity index (χ4v) is 5.22. The summed E-state index contributed by atoms with van der Waals surface area (Å²) in [7, 11) is 0.188. The van der Waals surface area contributed by atoms with Gasteiger partial charge in [-0.3, -0.25) is 4.79 Å². The van der Waals surface area contributed by atoms with Crippen LogP contribution in [0.1, 0.15) is 56.5 Å². The predicted molar refractivity (Wildman–Crippen MR) is 96.1 cm³/mol. The van der Waals surface area contributed by atoms with E-state index in [4.69, 9.17) is 4.74 Å². The van der Waals surface area contributed by atoms with E-state index >= 15 is 0 Å². The van der Waals surface area contributed by atoms with Gasteiger partial charge in [-0.15, -0.1) is 0 Å². The third-order valence-corrected chi connectivity index (χ3v) is 7.61. The Balaban J connectivity index is 2.14. The van der Waals surface area contributed by atoms with Gasteiger partial charge < -0.3 is 4.74 Å². The molecule has 0 radical (unpaired) electrons. The molecule has 1 aliphatic heterocycles. The topological polar surface area (TPSA) is 26.3 Å². The van der Waals surface area contributed by atoms with Gasteiger partial charge in [0.25, 0.3) is 0 Å². The molecule has 122 valence electrons. The second-order valence-corrected chi connectivity index (χ2v) is 9.09. The Morgan fingerprint density at radius 1 is 1.18 bits per heavy atom. The maximum absolute atomic E-state index is 12.9. The number of carbonyl (C=O) groups is 1. The zero-order chi connectivity index (χ0) is 16.2. The van der Waals surface area contributed by atoms with Gasteiger partial charge in [-0.05, 0) is 23.8 Å². The summed E-state index contributed by atoms with van der Waals surface area (Å²) < 4.78 is 5.44. The third-order valence-electron chi connectivity index (χ3n) is 4.88. The minimum atomic E-state index is 0.175. The molecule has 1 atom stereocenters. The lowest BCUT2D eigenvalue weighted by Crippen LogP contribution is -2.39. The van der Waals surface area contributed by atoms with Crippen LogP contribution >= 0.6 is 0 Å². The number of ether oxygens (including phenoxy) is 1. The van der Waals surface area contributed by atoms with Crippen molar-refractivity contribution in [1.29, 1.82) is 0 Å². The molecule has 3 heteroatoms. The molecule has 1 fully saturated rings. The van der Waals surface area contributed by atoms with Crippen molar-refractivity contribution in [3.05, 3.63) is 35.4 Å². The average Bonchev–Trinajstić information content (AvgIpc) is 2.56. The van der Waals surface area contributed by atoms with Crippen molar-refractivity contribution < 1.29 is 9.53 Å². The van der Waals surface area contributed by atoms with Crippen molar-refractivity contribution in [3.8, 4) is 0 Å². The van der Waals surface area contributed by atoms with Crippen molar-refractivity contribution in [2.45, 2.75) is 51.2 Å². The van der Waals surface area contributed by atoms with E-state index in [1.807, 2.05) is 12.1 Å². The van der Waals surface area contributed by atoms with E-state index in [-0.39, 0.29) is 21.6 Å². The predicted octanol–water partition coefficient (Wildman–Crippen LogP) is 3.98. The molecule has 0 aromatic heterocycles. The van der Waals surface area contributed by atoms with Crippen molar-refractivity contribution in [3.63, 3.8) is 0 Å². The maximum atomic E-state index is 12.9. The summed E-state index contributed by atoms with van der Waals surface area (Å²) in [6.07, 6.45) is 2.03. The molecule has 22 heavy (non-hydrogen) atoms. The van der Waals surface area contributed by atoms with E-state index in [2.05, 4.69) is 39.8 Å². The van der Waals surface area contributed by atoms with Crippen molar-refractivity contribution in [2.24, 2.45) is 0 Å². The Kier molecular flexibility index (Phi) is 6.10. The molecule has 1 saturated heterocycles. The molecule has 1 unspecified atom stereocenters. The van der Waals surface area contributed by atoms with E-state index in [0.29, 0.717) is 5.78 Å². The molecular formula is C19H29O2S+. The number of Topliss-reactive ketones (excluding diaryl/α,β-unsaturated/α-hetero) is 1. The van der Waals surface area contributed by atoms with Crippen LogP contribution in [0, 0.1) is 0 Å². The lowest BCUT2D eigenvalue weighted by Gasteiger charge is -2.24. The summed E-state index contributed by atoms with van der Waals surface area (Å²) in [5, 5.41) is 0.175. The minimum Gasteiger partial charge on any atom is -0.372 e. The smallest absolute Gasteiger partial charge is 0.214 e. The van der Waals surface area contributed by atoms with E-state index in [0.717, 1.165) is 43.1 Å². The number of ketones is 1. The van der Waals surface area contributed by atoms with Gasteiger partial charge in [-0.1, -0.05) is 52.0 Å². The Hall–Kier alpha value is -0.800. The molecular weight excluding hydrogens is 292 g/mol. The highest BCUT2D eigenvalue weighted by atomic mass is 32.2. The lowest BCUT2D eigenvalue weighted by atomic mass is 9.82. The number of carbonyl (C=O) groups excluding carboxylic acids is 1. The van der Waals surface area contributed by atoms with Gasteiger partial charge in [-0.2, -0.15) is 0 Å². The van der Waals surface area contributed by atoms with Crippen LogP contribution in [0.3, 0.4) is 0 Å². The molecule has 1 aliphatic rings. The summed E-state index contributed by atoms with van der Waals surface area (Å²) in [4.78, 5) is 12.9. The van der Waals surface area contributed by atoms with Gasteiger partial charge in [-0.25, -0.2) is 0 Å². The molecule has 1 aromatic carbocycles. The van der Waals surface area contributed by atoms with Crippen LogP contribution in [0.4, 0.5) is 0 Å². The second kappa shape index (κ2) is 7.65. The van der Waals surface area contributed by atoms with E-state index in [1.165, 1.54) is 5.56 Å². The molecule has 0 amide bonds. The van der Waals surface area contributed by atoms with Crippen molar-refractivity contribution in [1.82, 2.24) is 0 Å². The van der Waals surface area contributed by atoms with Gasteiger partial charge in [0.05, 0.1) is 13.2 Å². The Morgan fingerprint density at radius 3 is 2.27 bits per heavy atom. The standard InChI is InChI=1S/C19H29O2S/c1-5-17(22-13-11-21-12-14-22)18(20)15-7-9-16(10-8-15)19(3,4)6-2/h7-10,17H,5-6,11-14H2,1-4H3/q+1. The zero-order valence-corrected chi connectivity index (χ0v) is 15.2. The van der Waals surface area contributed by atoms with Crippen molar-refractivity contribution in [2.75, 3.05) is 24.7 Å². The van der Waals surface area contributed by atoms with Crippen LogP contribution in [-0.4, -0.2) is 35.8 Å². The zero-order valence-electron chi connectivity index (χ0n) is 14.4. The third kappa shape index (κ3) is 3.94. The molecule has 1 aromatic rings. The largest absolute Gasteiger partial charge is 0.372 e. The Labute approximate surface area is 138 Å². The van der Waals surface area contributed by atoms with Gasteiger partial charge in [0.15, 0.2) is 5.25 Å². The Morgan fingerprint density at radius 2 is 1.77 bits per heavy atom. The fraction of sp³-hybridized carbons (Fsp3) is 0.632. The number of hydrogen-bond acceptors (Lipinski definition) is 2. The molecule has 1 heterocycles. The van der Waals surface area contributed by atoms with Crippen LogP contribution in [0.25, 0.3) is 0 Å². The summed E-state index contributed by atoms with van der Waals surface area (Å²) >= 11 is 0. The first-order valence-corrected chi connectivity index (χ1v) is 10.0. The lowest BCUT2D eigenvalue weighted by molar-refractivity contribution is 0.0985. The molecule has 2 nitrogen and oxygen atoms in total. The molecule has 0 bridgehead atoms. The van der Waals surface area contributed by atoms with E-state index in [9.17, 15) is 4.79 Å². The van der Waals surface area contributed by atoms with Crippen molar-refractivity contribution >= 4 is 16.7 Å². The Bertz CT molecular complexity index is 487. The van der Waals surface area contributed by atoms with Crippen LogP contribution in [-0.2, 0) is 21.0 Å². The molecule has 0 saturated carbocycles. The number of hydrogen-bond donors (Lipinski definition) is 0. The van der Waals surface area contributed by atoms with Crippen LogP contribution in [0.5, 0.6) is 0 Å². The highest BCUT2D eigenvalue weighted by molar-refractivity contribution is 7.98. The monoisotopic (exact) mass is 321 g/mol. The molecule has 0 aliphatic carbocycles. The first-order chi connectivity index (χ1) is 10.5. The summed E-state index contributed by atoms with van der Waals surface area (Å²) in [6, 6.07) is 8.33. The fourth-order valence-electron chi connectivity index (χ4n) is 2.87. The normalized spacial score (nSPS) is 18.2. The van der Waals surface area contributed by atoms with Crippen LogP contribution < -0.4 is 0 Å². The SMILES string of the molecule is CCC(C(=O)c1ccc(C(C)(C)CC)cc1)[S+]1CCOCC1. The summed E-state index contributed by atoms with van der Waals surface area (Å²) in [5.41, 5.74) is 2.36. The number of benzene rings is 1. The minimum absolute atomic E-state index is 0.175. The highest BCUT2D eigenvalue weighted by Gasteiger charge is 2.37.